The van der Waals surface area contributed by atoms with Gasteiger partial charge in [-0.05, 0) is 31.2 Å². The second-order valence-corrected chi connectivity index (χ2v) is 10.4. The van der Waals surface area contributed by atoms with Crippen LogP contribution in [0.25, 0.3) is 22.3 Å². The first-order chi connectivity index (χ1) is 21.0. The smallest absolute Gasteiger partial charge is 0.229 e. The lowest BCUT2D eigenvalue weighted by Crippen LogP contribution is -2.64. The first kappa shape index (κ1) is 31.9. The average molecular weight is 623 g/mol. The van der Waals surface area contributed by atoms with E-state index in [4.69, 9.17) is 32.8 Å². The zero-order valence-corrected chi connectivity index (χ0v) is 23.8. The fraction of sp³-hybridized carbons (Fsp3) is 0.483. The number of aliphatic hydroxyl groups is 6. The van der Waals surface area contributed by atoms with E-state index in [2.05, 4.69) is 0 Å². The number of hydrogen-bond acceptors (Lipinski definition) is 15. The molecule has 0 spiro atoms. The SMILES string of the molecule is COc1ccc(-c2cc(=O)c3c(O)c(OC)c(OC4OC(CO)C(OC5OC(C)C(O)C(O)C5O)C(O)C4O)cc3o2)cc1. The maximum atomic E-state index is 13.0. The van der Waals surface area contributed by atoms with Crippen molar-refractivity contribution in [1.82, 2.24) is 0 Å². The largest absolute Gasteiger partial charge is 0.504 e. The summed E-state index contributed by atoms with van der Waals surface area (Å²) < 4.78 is 38.8. The first-order valence-corrected chi connectivity index (χ1v) is 13.7. The van der Waals surface area contributed by atoms with Crippen LogP contribution in [0.5, 0.6) is 23.0 Å². The molecule has 7 N–H and O–H groups in total. The topological polar surface area (TPSA) is 227 Å². The van der Waals surface area contributed by atoms with Crippen LogP contribution in [-0.4, -0.2) is 118 Å². The van der Waals surface area contributed by atoms with Crippen molar-refractivity contribution in [2.75, 3.05) is 20.8 Å². The Bertz CT molecular complexity index is 1510. The maximum Gasteiger partial charge on any atom is 0.229 e. The summed E-state index contributed by atoms with van der Waals surface area (Å²) in [5.41, 5.74) is -0.138. The van der Waals surface area contributed by atoms with E-state index in [0.29, 0.717) is 11.3 Å². The van der Waals surface area contributed by atoms with Crippen molar-refractivity contribution < 1.29 is 68.6 Å². The van der Waals surface area contributed by atoms with Gasteiger partial charge in [0.2, 0.25) is 12.0 Å². The van der Waals surface area contributed by atoms with E-state index in [0.717, 1.165) is 0 Å². The van der Waals surface area contributed by atoms with Gasteiger partial charge in [0.15, 0.2) is 23.2 Å². The van der Waals surface area contributed by atoms with Crippen molar-refractivity contribution in [3.8, 4) is 34.3 Å². The fourth-order valence-electron chi connectivity index (χ4n) is 5.17. The van der Waals surface area contributed by atoms with Crippen molar-refractivity contribution in [1.29, 1.82) is 0 Å². The van der Waals surface area contributed by atoms with E-state index >= 15 is 0 Å². The lowest BCUT2D eigenvalue weighted by atomic mass is 9.97. The molecule has 2 aliphatic rings. The van der Waals surface area contributed by atoms with Crippen molar-refractivity contribution in [3.05, 3.63) is 46.6 Å². The Morgan fingerprint density at radius 1 is 0.841 bits per heavy atom. The summed E-state index contributed by atoms with van der Waals surface area (Å²) in [4.78, 5) is 13.0. The van der Waals surface area contributed by atoms with Gasteiger partial charge in [0.1, 0.15) is 65.2 Å². The minimum Gasteiger partial charge on any atom is -0.504 e. The van der Waals surface area contributed by atoms with E-state index < -0.39 is 79.2 Å². The van der Waals surface area contributed by atoms with Gasteiger partial charge in [-0.2, -0.15) is 0 Å². The molecule has 2 aliphatic heterocycles. The number of fused-ring (bicyclic) bond motifs is 1. The number of aliphatic hydroxyl groups excluding tert-OH is 6. The minimum absolute atomic E-state index is 0.0966. The molecule has 5 rings (SSSR count). The van der Waals surface area contributed by atoms with Crippen LogP contribution in [0.15, 0.2) is 45.6 Å². The Kier molecular flexibility index (Phi) is 9.31. The molecule has 0 radical (unpaired) electrons. The van der Waals surface area contributed by atoms with Crippen LogP contribution in [-0.2, 0) is 14.2 Å². The number of phenolic OH excluding ortho intramolecular Hbond substituents is 1. The summed E-state index contributed by atoms with van der Waals surface area (Å²) in [6.45, 7) is 0.679. The third-order valence-electron chi connectivity index (χ3n) is 7.65. The number of benzene rings is 2. The highest BCUT2D eigenvalue weighted by atomic mass is 16.7. The molecule has 2 fully saturated rings. The molecule has 0 amide bonds. The molecule has 240 valence electrons. The lowest BCUT2D eigenvalue weighted by Gasteiger charge is -2.45. The molecule has 0 bridgehead atoms. The van der Waals surface area contributed by atoms with Gasteiger partial charge in [-0.3, -0.25) is 4.79 Å². The standard InChI is InChI=1S/C29H34O15/c1-11-20(32)22(34)24(36)28(40-11)44-27-18(10-30)43-29(25(37)23(27)35)42-17-9-16-19(21(33)26(17)39-3)14(31)8-15(41-16)12-4-6-13(38-2)7-5-12/h4-9,11,18,20,22-25,27-30,32-37H,10H2,1-3H3. The Hall–Kier alpha value is -3.51. The Balaban J connectivity index is 1.43. The molecule has 10 unspecified atom stereocenters. The number of methoxy groups -OCH3 is 2. The van der Waals surface area contributed by atoms with E-state index in [1.54, 1.807) is 24.3 Å². The second-order valence-electron chi connectivity index (χ2n) is 10.4. The quantitative estimate of drug-likeness (QED) is 0.163. The van der Waals surface area contributed by atoms with Gasteiger partial charge in [0, 0.05) is 17.7 Å². The number of ether oxygens (including phenoxy) is 6. The molecular formula is C29H34O15. The predicted octanol–water partition coefficient (Wildman–Crippen LogP) is -0.787. The van der Waals surface area contributed by atoms with Gasteiger partial charge >= 0.3 is 0 Å². The molecule has 44 heavy (non-hydrogen) atoms. The second kappa shape index (κ2) is 12.8. The highest BCUT2D eigenvalue weighted by Gasteiger charge is 2.50. The summed E-state index contributed by atoms with van der Waals surface area (Å²) >= 11 is 0. The van der Waals surface area contributed by atoms with E-state index in [-0.39, 0.29) is 28.2 Å². The van der Waals surface area contributed by atoms with Gasteiger partial charge < -0.3 is 68.6 Å². The van der Waals surface area contributed by atoms with Crippen molar-refractivity contribution in [2.24, 2.45) is 0 Å². The minimum atomic E-state index is -1.84. The summed E-state index contributed by atoms with van der Waals surface area (Å²) in [7, 11) is 2.72. The maximum absolute atomic E-state index is 13.0. The molecule has 3 aromatic rings. The normalized spacial score (nSPS) is 32.4. The van der Waals surface area contributed by atoms with Crippen LogP contribution in [0.1, 0.15) is 6.92 Å². The summed E-state index contributed by atoms with van der Waals surface area (Å²) in [6, 6.07) is 9.13. The lowest BCUT2D eigenvalue weighted by molar-refractivity contribution is -0.349. The van der Waals surface area contributed by atoms with E-state index in [1.165, 1.54) is 33.3 Å². The molecule has 1 aromatic heterocycles. The predicted molar refractivity (Wildman–Crippen MR) is 148 cm³/mol. The molecule has 0 aliphatic carbocycles. The number of rotatable bonds is 8. The van der Waals surface area contributed by atoms with Gasteiger partial charge in [-0.1, -0.05) is 0 Å². The van der Waals surface area contributed by atoms with Crippen LogP contribution in [0, 0.1) is 0 Å². The zero-order chi connectivity index (χ0) is 31.9. The molecule has 3 heterocycles. The molecule has 15 nitrogen and oxygen atoms in total. The number of phenols is 1. The van der Waals surface area contributed by atoms with Crippen LogP contribution in [0.2, 0.25) is 0 Å². The average Bonchev–Trinajstić information content (AvgIpc) is 3.01. The van der Waals surface area contributed by atoms with Crippen molar-refractivity contribution in [2.45, 2.75) is 68.3 Å². The first-order valence-electron chi connectivity index (χ1n) is 13.7. The van der Waals surface area contributed by atoms with Crippen LogP contribution in [0.3, 0.4) is 0 Å². The van der Waals surface area contributed by atoms with Crippen molar-refractivity contribution >= 4 is 11.0 Å². The van der Waals surface area contributed by atoms with Crippen molar-refractivity contribution in [3.63, 3.8) is 0 Å². The monoisotopic (exact) mass is 622 g/mol. The summed E-state index contributed by atoms with van der Waals surface area (Å²) in [6.07, 6.45) is -15.4. The molecule has 2 aromatic carbocycles. The van der Waals surface area contributed by atoms with Gasteiger partial charge in [0.25, 0.3) is 0 Å². The highest BCUT2D eigenvalue weighted by molar-refractivity contribution is 5.89. The fourth-order valence-corrected chi connectivity index (χ4v) is 5.17. The molecule has 10 atom stereocenters. The van der Waals surface area contributed by atoms with Crippen LogP contribution < -0.4 is 19.6 Å². The highest BCUT2D eigenvalue weighted by Crippen LogP contribution is 2.43. The summed E-state index contributed by atoms with van der Waals surface area (Å²) in [5.74, 6) is -0.391. The van der Waals surface area contributed by atoms with E-state index in [1.807, 2.05) is 0 Å². The van der Waals surface area contributed by atoms with Gasteiger partial charge in [-0.15, -0.1) is 0 Å². The molecule has 15 heteroatoms. The number of hydrogen-bond donors (Lipinski definition) is 7. The summed E-state index contributed by atoms with van der Waals surface area (Å²) in [5, 5.41) is 72.9. The van der Waals surface area contributed by atoms with E-state index in [9.17, 15) is 40.5 Å². The Morgan fingerprint density at radius 2 is 1.52 bits per heavy atom. The molecular weight excluding hydrogens is 588 g/mol. The van der Waals surface area contributed by atoms with Crippen LogP contribution in [0.4, 0.5) is 0 Å². The molecule has 0 saturated carbocycles. The molecule has 2 saturated heterocycles. The van der Waals surface area contributed by atoms with Gasteiger partial charge in [-0.25, -0.2) is 0 Å². The third kappa shape index (κ3) is 5.81. The Labute approximate surface area is 249 Å². The van der Waals surface area contributed by atoms with Gasteiger partial charge in [0.05, 0.1) is 26.9 Å². The number of aromatic hydroxyl groups is 1. The third-order valence-corrected chi connectivity index (χ3v) is 7.65. The van der Waals surface area contributed by atoms with Crippen LogP contribution >= 0.6 is 0 Å². The zero-order valence-electron chi connectivity index (χ0n) is 23.8. The Morgan fingerprint density at radius 3 is 2.16 bits per heavy atom.